The zero-order chi connectivity index (χ0) is 20.3. The number of benzene rings is 1. The topological polar surface area (TPSA) is 62.4 Å². The Labute approximate surface area is 160 Å². The van der Waals surface area contributed by atoms with Gasteiger partial charge in [-0.2, -0.15) is 13.2 Å². The number of fused-ring (bicyclic) bond motifs is 1. The van der Waals surface area contributed by atoms with E-state index in [1.165, 1.54) is 6.07 Å². The number of hydrogen-bond donors (Lipinski definition) is 1. The van der Waals surface area contributed by atoms with E-state index in [1.807, 2.05) is 6.92 Å². The number of carbonyl (C=O) groups is 1. The normalized spacial score (nSPS) is 15.6. The fourth-order valence-electron chi connectivity index (χ4n) is 3.71. The average molecular weight is 396 g/mol. The molecule has 1 heterocycles. The van der Waals surface area contributed by atoms with Crippen LogP contribution in [0, 0.1) is 0 Å². The second-order valence-electron chi connectivity index (χ2n) is 7.03. The van der Waals surface area contributed by atoms with Crippen LogP contribution in [0.4, 0.5) is 13.2 Å². The Morgan fingerprint density at radius 2 is 1.93 bits per heavy atom. The van der Waals surface area contributed by atoms with Gasteiger partial charge in [0.2, 0.25) is 0 Å². The molecule has 1 fully saturated rings. The van der Waals surface area contributed by atoms with Crippen molar-refractivity contribution >= 4 is 16.8 Å². The second-order valence-corrected chi connectivity index (χ2v) is 7.03. The Balaban J connectivity index is 1.96. The number of nitrogens with one attached hydrogen (secondary N) is 1. The summed E-state index contributed by atoms with van der Waals surface area (Å²) in [5, 5.41) is 0.642. The van der Waals surface area contributed by atoms with E-state index in [0.29, 0.717) is 36.1 Å². The second kappa shape index (κ2) is 8.24. The molecule has 0 bridgehead atoms. The van der Waals surface area contributed by atoms with Crippen molar-refractivity contribution in [3.63, 3.8) is 0 Å². The number of rotatable bonds is 5. The molecule has 1 saturated carbocycles. The molecular weight excluding hydrogens is 373 g/mol. The van der Waals surface area contributed by atoms with Crippen molar-refractivity contribution in [3.05, 3.63) is 40.2 Å². The summed E-state index contributed by atoms with van der Waals surface area (Å²) in [4.78, 5) is 28.0. The Morgan fingerprint density at radius 1 is 1.21 bits per heavy atom. The number of pyridine rings is 1. The number of nitrogens with zero attached hydrogens (tertiary/aromatic N) is 1. The average Bonchev–Trinajstić information content (AvgIpc) is 2.66. The molecule has 1 aromatic heterocycles. The van der Waals surface area contributed by atoms with Crippen LogP contribution in [-0.2, 0) is 11.3 Å². The zero-order valence-electron chi connectivity index (χ0n) is 15.6. The van der Waals surface area contributed by atoms with Gasteiger partial charge in [0.15, 0.2) is 0 Å². The van der Waals surface area contributed by atoms with Gasteiger partial charge < -0.3 is 14.6 Å². The van der Waals surface area contributed by atoms with E-state index >= 15 is 0 Å². The van der Waals surface area contributed by atoms with Gasteiger partial charge >= 0.3 is 12.1 Å². The van der Waals surface area contributed by atoms with Crippen LogP contribution in [0.2, 0.25) is 0 Å². The molecule has 0 atom stereocenters. The zero-order valence-corrected chi connectivity index (χ0v) is 15.6. The predicted molar refractivity (Wildman–Crippen MR) is 99.2 cm³/mol. The number of alkyl halides is 3. The quantitative estimate of drug-likeness (QED) is 0.826. The number of H-pyrrole nitrogens is 1. The van der Waals surface area contributed by atoms with E-state index in [2.05, 4.69) is 4.98 Å². The molecule has 0 radical (unpaired) electrons. The molecule has 0 saturated heterocycles. The molecule has 0 spiro atoms. The molecule has 28 heavy (non-hydrogen) atoms. The standard InChI is InChI=1S/C20H23F3N2O3/c1-2-28-16-8-9-17-13(11-16)10-14(18(26)24-17)12-25(19(27)20(21,22)23)15-6-4-3-5-7-15/h8-11,15H,2-7,12H2,1H3,(H,24,26). The van der Waals surface area contributed by atoms with Crippen LogP contribution in [0.1, 0.15) is 44.6 Å². The van der Waals surface area contributed by atoms with Gasteiger partial charge in [0.05, 0.1) is 13.2 Å². The third-order valence-corrected chi connectivity index (χ3v) is 5.06. The first-order valence-electron chi connectivity index (χ1n) is 9.46. The largest absolute Gasteiger partial charge is 0.494 e. The summed E-state index contributed by atoms with van der Waals surface area (Å²) in [6.45, 7) is 1.94. The highest BCUT2D eigenvalue weighted by Crippen LogP contribution is 2.29. The highest BCUT2D eigenvalue weighted by atomic mass is 19.4. The number of carbonyl (C=O) groups excluding carboxylic acids is 1. The van der Waals surface area contributed by atoms with Gasteiger partial charge in [-0.15, -0.1) is 0 Å². The van der Waals surface area contributed by atoms with Gasteiger partial charge in [0.1, 0.15) is 5.75 Å². The molecule has 0 aliphatic heterocycles. The van der Waals surface area contributed by atoms with Crippen LogP contribution in [-0.4, -0.2) is 34.6 Å². The van der Waals surface area contributed by atoms with Crippen molar-refractivity contribution in [2.24, 2.45) is 0 Å². The van der Waals surface area contributed by atoms with Crippen molar-refractivity contribution in [1.29, 1.82) is 0 Å². The first kappa shape index (κ1) is 20.2. The molecule has 1 aliphatic carbocycles. The van der Waals surface area contributed by atoms with Crippen LogP contribution in [0.25, 0.3) is 10.9 Å². The van der Waals surface area contributed by atoms with E-state index in [-0.39, 0.29) is 12.1 Å². The van der Waals surface area contributed by atoms with Gasteiger partial charge in [-0.05, 0) is 44.0 Å². The lowest BCUT2D eigenvalue weighted by Crippen LogP contribution is -2.48. The van der Waals surface area contributed by atoms with Gasteiger partial charge in [0.25, 0.3) is 5.56 Å². The van der Waals surface area contributed by atoms with Crippen LogP contribution in [0.5, 0.6) is 5.75 Å². The summed E-state index contributed by atoms with van der Waals surface area (Å²) in [7, 11) is 0. The van der Waals surface area contributed by atoms with E-state index in [9.17, 15) is 22.8 Å². The van der Waals surface area contributed by atoms with Gasteiger partial charge in [-0.25, -0.2) is 0 Å². The SMILES string of the molecule is CCOc1ccc2[nH]c(=O)c(CN(C(=O)C(F)(F)F)C3CCCCC3)cc2c1. The minimum Gasteiger partial charge on any atom is -0.494 e. The fourth-order valence-corrected chi connectivity index (χ4v) is 3.71. The summed E-state index contributed by atoms with van der Waals surface area (Å²) in [6, 6.07) is 6.15. The Morgan fingerprint density at radius 3 is 2.57 bits per heavy atom. The van der Waals surface area contributed by atoms with Gasteiger partial charge in [0, 0.05) is 22.5 Å². The summed E-state index contributed by atoms with van der Waals surface area (Å²) >= 11 is 0. The molecule has 152 valence electrons. The minimum absolute atomic E-state index is 0.129. The highest BCUT2D eigenvalue weighted by Gasteiger charge is 2.44. The smallest absolute Gasteiger partial charge is 0.471 e. The molecule has 1 amide bonds. The summed E-state index contributed by atoms with van der Waals surface area (Å²) < 4.78 is 44.9. The molecule has 1 N–H and O–H groups in total. The number of aromatic nitrogens is 1. The van der Waals surface area contributed by atoms with E-state index < -0.39 is 23.7 Å². The number of amides is 1. The first-order chi connectivity index (χ1) is 13.3. The first-order valence-corrected chi connectivity index (χ1v) is 9.46. The molecule has 2 aromatic rings. The predicted octanol–water partition coefficient (Wildman–Crippen LogP) is 4.15. The molecule has 5 nitrogen and oxygen atoms in total. The molecule has 0 unspecified atom stereocenters. The van der Waals surface area contributed by atoms with Crippen LogP contribution in [0.15, 0.2) is 29.1 Å². The molecular formula is C20H23F3N2O3. The van der Waals surface area contributed by atoms with Crippen molar-refractivity contribution < 1.29 is 22.7 Å². The molecule has 3 rings (SSSR count). The lowest BCUT2D eigenvalue weighted by Gasteiger charge is -2.34. The van der Waals surface area contributed by atoms with Crippen LogP contribution in [0.3, 0.4) is 0 Å². The Kier molecular flexibility index (Phi) is 5.96. The van der Waals surface area contributed by atoms with Gasteiger partial charge in [-0.3, -0.25) is 9.59 Å². The third-order valence-electron chi connectivity index (χ3n) is 5.06. The number of halogens is 3. The van der Waals surface area contributed by atoms with E-state index in [0.717, 1.165) is 24.2 Å². The number of hydrogen-bond acceptors (Lipinski definition) is 3. The number of aromatic amines is 1. The van der Waals surface area contributed by atoms with Crippen molar-refractivity contribution in [3.8, 4) is 5.75 Å². The van der Waals surface area contributed by atoms with E-state index in [1.54, 1.807) is 18.2 Å². The Bertz CT molecular complexity index is 902. The highest BCUT2D eigenvalue weighted by molar-refractivity contribution is 5.83. The maximum atomic E-state index is 13.2. The molecule has 1 aliphatic rings. The maximum absolute atomic E-state index is 13.2. The molecule has 1 aromatic carbocycles. The van der Waals surface area contributed by atoms with Gasteiger partial charge in [-0.1, -0.05) is 19.3 Å². The van der Waals surface area contributed by atoms with Crippen LogP contribution >= 0.6 is 0 Å². The van der Waals surface area contributed by atoms with Crippen LogP contribution < -0.4 is 10.3 Å². The summed E-state index contributed by atoms with van der Waals surface area (Å²) in [5.41, 5.74) is 0.195. The maximum Gasteiger partial charge on any atom is 0.471 e. The lowest BCUT2D eigenvalue weighted by atomic mass is 9.93. The lowest BCUT2D eigenvalue weighted by molar-refractivity contribution is -0.189. The van der Waals surface area contributed by atoms with Crippen molar-refractivity contribution in [2.45, 2.75) is 57.8 Å². The summed E-state index contributed by atoms with van der Waals surface area (Å²) in [5.74, 6) is -1.29. The third kappa shape index (κ3) is 4.48. The van der Waals surface area contributed by atoms with E-state index in [4.69, 9.17) is 4.74 Å². The molecule has 8 heteroatoms. The summed E-state index contributed by atoms with van der Waals surface area (Å²) in [6.07, 6.45) is -1.44. The Hall–Kier alpha value is -2.51. The minimum atomic E-state index is -4.97. The number of ether oxygens (including phenoxy) is 1. The fraction of sp³-hybridized carbons (Fsp3) is 0.500. The van der Waals surface area contributed by atoms with Crippen molar-refractivity contribution in [1.82, 2.24) is 9.88 Å². The monoisotopic (exact) mass is 396 g/mol. The van der Waals surface area contributed by atoms with Crippen molar-refractivity contribution in [2.75, 3.05) is 6.61 Å².